The first-order valence-electron chi connectivity index (χ1n) is 9.07. The Morgan fingerprint density at radius 1 is 1.40 bits per heavy atom. The van der Waals surface area contributed by atoms with Crippen molar-refractivity contribution in [3.05, 3.63) is 33.2 Å². The van der Waals surface area contributed by atoms with Gasteiger partial charge in [-0.15, -0.1) is 11.3 Å². The average Bonchev–Trinajstić information content (AvgIpc) is 3.35. The van der Waals surface area contributed by atoms with Crippen molar-refractivity contribution in [3.63, 3.8) is 0 Å². The van der Waals surface area contributed by atoms with Gasteiger partial charge in [-0.1, -0.05) is 0 Å². The minimum Gasteiger partial charge on any atom is -0.356 e. The van der Waals surface area contributed by atoms with E-state index in [9.17, 15) is 9.59 Å². The van der Waals surface area contributed by atoms with Crippen LogP contribution in [0.5, 0.6) is 0 Å². The van der Waals surface area contributed by atoms with E-state index in [1.807, 2.05) is 12.3 Å². The van der Waals surface area contributed by atoms with Crippen LogP contribution < -0.4 is 10.9 Å². The highest BCUT2D eigenvalue weighted by Gasteiger charge is 2.28. The van der Waals surface area contributed by atoms with Crippen molar-refractivity contribution in [3.8, 4) is 0 Å². The second kappa shape index (κ2) is 6.88. The molecule has 134 valence electrons. The summed E-state index contributed by atoms with van der Waals surface area (Å²) in [6.45, 7) is 5.09. The predicted octanol–water partition coefficient (Wildman–Crippen LogP) is 1.80. The lowest BCUT2D eigenvalue weighted by atomic mass is 9.97. The first kappa shape index (κ1) is 16.7. The Hall–Kier alpha value is -1.73. The first-order valence-corrected chi connectivity index (χ1v) is 9.95. The molecule has 3 heterocycles. The Balaban J connectivity index is 1.41. The molecule has 1 N–H and O–H groups in total. The fourth-order valence-corrected chi connectivity index (χ4v) is 4.43. The molecule has 2 fully saturated rings. The number of fused-ring (bicyclic) bond motifs is 1. The lowest BCUT2D eigenvalue weighted by molar-refractivity contribution is -0.126. The molecule has 1 amide bonds. The maximum absolute atomic E-state index is 12.4. The zero-order chi connectivity index (χ0) is 17.4. The van der Waals surface area contributed by atoms with Crippen molar-refractivity contribution in [1.29, 1.82) is 0 Å². The van der Waals surface area contributed by atoms with Crippen LogP contribution in [0.4, 0.5) is 0 Å². The van der Waals surface area contributed by atoms with Gasteiger partial charge in [0.05, 0.1) is 11.6 Å². The predicted molar refractivity (Wildman–Crippen MR) is 97.8 cm³/mol. The molecule has 7 heteroatoms. The van der Waals surface area contributed by atoms with Crippen LogP contribution in [0.2, 0.25) is 0 Å². The van der Waals surface area contributed by atoms with Crippen LogP contribution in [-0.4, -0.2) is 39.8 Å². The highest BCUT2D eigenvalue weighted by molar-refractivity contribution is 7.15. The van der Waals surface area contributed by atoms with Gasteiger partial charge in [0.1, 0.15) is 0 Å². The molecule has 0 bridgehead atoms. The Labute approximate surface area is 150 Å². The Bertz CT molecular complexity index is 839. The number of nitrogens with one attached hydrogen (secondary N) is 1. The number of hydrogen-bond donors (Lipinski definition) is 1. The fraction of sp³-hybridized carbons (Fsp3) is 0.611. The average molecular weight is 360 g/mol. The zero-order valence-corrected chi connectivity index (χ0v) is 15.3. The Morgan fingerprint density at radius 2 is 2.24 bits per heavy atom. The van der Waals surface area contributed by atoms with E-state index < -0.39 is 0 Å². The van der Waals surface area contributed by atoms with Crippen LogP contribution in [0.25, 0.3) is 4.96 Å². The molecule has 1 saturated heterocycles. The fourth-order valence-electron chi connectivity index (χ4n) is 3.54. The Kier molecular flexibility index (Phi) is 4.60. The van der Waals surface area contributed by atoms with Crippen molar-refractivity contribution < 1.29 is 4.79 Å². The molecule has 0 radical (unpaired) electrons. The third-order valence-electron chi connectivity index (χ3n) is 5.15. The topological polar surface area (TPSA) is 66.7 Å². The largest absolute Gasteiger partial charge is 0.356 e. The number of rotatable bonds is 5. The summed E-state index contributed by atoms with van der Waals surface area (Å²) in [4.78, 5) is 32.3. The van der Waals surface area contributed by atoms with Crippen molar-refractivity contribution >= 4 is 22.2 Å². The molecule has 6 nitrogen and oxygen atoms in total. The van der Waals surface area contributed by atoms with Gasteiger partial charge in [0.2, 0.25) is 5.91 Å². The third kappa shape index (κ3) is 3.77. The summed E-state index contributed by atoms with van der Waals surface area (Å²) in [5.41, 5.74) is 1.70. The number of likely N-dealkylation sites (tertiary alicyclic amines) is 1. The van der Waals surface area contributed by atoms with Gasteiger partial charge in [0.25, 0.3) is 5.56 Å². The van der Waals surface area contributed by atoms with Crippen LogP contribution in [-0.2, 0) is 11.3 Å². The lowest BCUT2D eigenvalue weighted by Crippen LogP contribution is -2.43. The van der Waals surface area contributed by atoms with E-state index in [1.165, 1.54) is 24.2 Å². The highest BCUT2D eigenvalue weighted by Crippen LogP contribution is 2.28. The molecule has 1 saturated carbocycles. The van der Waals surface area contributed by atoms with E-state index in [-0.39, 0.29) is 17.4 Å². The maximum Gasteiger partial charge on any atom is 0.259 e. The van der Waals surface area contributed by atoms with Crippen LogP contribution in [0.15, 0.2) is 16.2 Å². The molecule has 2 aliphatic rings. The SMILES string of the molecule is Cc1csc2nc(CN3CCCC(C(=O)NCC4CC4)C3)cc(=O)n12. The molecule has 1 aliphatic carbocycles. The lowest BCUT2D eigenvalue weighted by Gasteiger charge is -2.31. The molecular weight excluding hydrogens is 336 g/mol. The van der Waals surface area contributed by atoms with E-state index in [1.54, 1.807) is 10.5 Å². The monoisotopic (exact) mass is 360 g/mol. The van der Waals surface area contributed by atoms with Crippen molar-refractivity contribution in [2.24, 2.45) is 11.8 Å². The van der Waals surface area contributed by atoms with Gasteiger partial charge in [0, 0.05) is 36.8 Å². The maximum atomic E-state index is 12.4. The summed E-state index contributed by atoms with van der Waals surface area (Å²) in [5, 5.41) is 5.05. The molecule has 0 spiro atoms. The molecule has 1 atom stereocenters. The number of carbonyl (C=O) groups is 1. The minimum atomic E-state index is -0.0190. The summed E-state index contributed by atoms with van der Waals surface area (Å²) >= 11 is 1.49. The zero-order valence-electron chi connectivity index (χ0n) is 14.5. The smallest absolute Gasteiger partial charge is 0.259 e. The van der Waals surface area contributed by atoms with Gasteiger partial charge >= 0.3 is 0 Å². The molecular formula is C18H24N4O2S. The number of amides is 1. The van der Waals surface area contributed by atoms with E-state index >= 15 is 0 Å². The van der Waals surface area contributed by atoms with Gasteiger partial charge in [-0.05, 0) is 45.1 Å². The Morgan fingerprint density at radius 3 is 3.04 bits per heavy atom. The third-order valence-corrected chi connectivity index (χ3v) is 6.10. The molecule has 1 aliphatic heterocycles. The number of carbonyl (C=O) groups excluding carboxylic acids is 1. The summed E-state index contributed by atoms with van der Waals surface area (Å²) in [7, 11) is 0. The van der Waals surface area contributed by atoms with Gasteiger partial charge in [-0.2, -0.15) is 0 Å². The number of hydrogen-bond acceptors (Lipinski definition) is 5. The van der Waals surface area contributed by atoms with Crippen LogP contribution >= 0.6 is 11.3 Å². The first-order chi connectivity index (χ1) is 12.1. The van der Waals surface area contributed by atoms with E-state index in [0.29, 0.717) is 12.5 Å². The number of thiazole rings is 1. The van der Waals surface area contributed by atoms with E-state index in [4.69, 9.17) is 0 Å². The normalized spacial score (nSPS) is 21.6. The molecule has 2 aromatic rings. The molecule has 0 aromatic carbocycles. The highest BCUT2D eigenvalue weighted by atomic mass is 32.1. The van der Waals surface area contributed by atoms with Crippen molar-refractivity contribution in [2.75, 3.05) is 19.6 Å². The molecule has 2 aromatic heterocycles. The van der Waals surface area contributed by atoms with Gasteiger partial charge < -0.3 is 5.32 Å². The van der Waals surface area contributed by atoms with Crippen LogP contribution in [0.3, 0.4) is 0 Å². The van der Waals surface area contributed by atoms with Gasteiger partial charge in [-0.25, -0.2) is 4.98 Å². The van der Waals surface area contributed by atoms with Crippen LogP contribution in [0, 0.1) is 18.8 Å². The van der Waals surface area contributed by atoms with E-state index in [2.05, 4.69) is 15.2 Å². The summed E-state index contributed by atoms with van der Waals surface area (Å²) in [5.74, 6) is 0.956. The summed E-state index contributed by atoms with van der Waals surface area (Å²) < 4.78 is 1.65. The summed E-state index contributed by atoms with van der Waals surface area (Å²) in [6.07, 6.45) is 4.47. The summed E-state index contributed by atoms with van der Waals surface area (Å²) in [6, 6.07) is 1.63. The van der Waals surface area contributed by atoms with Gasteiger partial charge in [-0.3, -0.25) is 18.9 Å². The standard InChI is InChI=1S/C18H24N4O2S/c1-12-11-25-18-20-15(7-16(23)22(12)18)10-21-6-2-3-14(9-21)17(24)19-8-13-4-5-13/h7,11,13-14H,2-6,8-10H2,1H3,(H,19,24). The second-order valence-corrected chi connectivity index (χ2v) is 8.18. The van der Waals surface area contributed by atoms with Crippen molar-refractivity contribution in [1.82, 2.24) is 19.6 Å². The second-order valence-electron chi connectivity index (χ2n) is 7.34. The van der Waals surface area contributed by atoms with Crippen molar-refractivity contribution in [2.45, 2.75) is 39.2 Å². The number of piperidine rings is 1. The van der Waals surface area contributed by atoms with Crippen LogP contribution in [0.1, 0.15) is 37.1 Å². The molecule has 1 unspecified atom stereocenters. The number of aromatic nitrogens is 2. The van der Waals surface area contributed by atoms with Gasteiger partial charge in [0.15, 0.2) is 4.96 Å². The molecule has 25 heavy (non-hydrogen) atoms. The quantitative estimate of drug-likeness (QED) is 0.883. The van der Waals surface area contributed by atoms with E-state index in [0.717, 1.165) is 48.8 Å². The number of nitrogens with zero attached hydrogens (tertiary/aromatic N) is 3. The minimum absolute atomic E-state index is 0.0190. The number of aryl methyl sites for hydroxylation is 1. The molecule has 4 rings (SSSR count).